The molecule has 2 aliphatic heterocycles. The van der Waals surface area contributed by atoms with Gasteiger partial charge in [-0.2, -0.15) is 0 Å². The molecule has 0 N–H and O–H groups in total. The lowest BCUT2D eigenvalue weighted by Crippen LogP contribution is -2.20. The van der Waals surface area contributed by atoms with Crippen LogP contribution in [0, 0.1) is 0 Å². The molecule has 0 saturated heterocycles. The van der Waals surface area contributed by atoms with E-state index in [1.807, 2.05) is 42.5 Å². The molecule has 4 rings (SSSR count). The zero-order valence-electron chi connectivity index (χ0n) is 11.7. The summed E-state index contributed by atoms with van der Waals surface area (Å²) >= 11 is 7.51. The number of hydrogen-bond donors (Lipinski definition) is 0. The summed E-state index contributed by atoms with van der Waals surface area (Å²) in [4.78, 5) is 6.77. The monoisotopic (exact) mass is 328 g/mol. The number of rotatable bonds is 3. The van der Waals surface area contributed by atoms with Crippen LogP contribution < -0.4 is 4.74 Å². The molecular formula is C17H13ClN2OS. The zero-order valence-corrected chi connectivity index (χ0v) is 13.3. The summed E-state index contributed by atoms with van der Waals surface area (Å²) in [6.07, 6.45) is 0. The van der Waals surface area contributed by atoms with Gasteiger partial charge in [0.15, 0.2) is 10.3 Å². The lowest BCUT2D eigenvalue weighted by Gasteiger charge is -2.16. The third-order valence-corrected chi connectivity index (χ3v) is 4.77. The molecule has 22 heavy (non-hydrogen) atoms. The number of thioether (sulfide) groups is 1. The summed E-state index contributed by atoms with van der Waals surface area (Å²) < 4.78 is 6.10. The fourth-order valence-electron chi connectivity index (χ4n) is 2.51. The Balaban J connectivity index is 1.73. The molecule has 2 aliphatic rings. The van der Waals surface area contributed by atoms with Gasteiger partial charge in [-0.05, 0) is 36.0 Å². The van der Waals surface area contributed by atoms with Crippen LogP contribution in [-0.4, -0.2) is 23.2 Å². The van der Waals surface area contributed by atoms with Crippen molar-refractivity contribution >= 4 is 34.2 Å². The molecule has 0 fully saturated rings. The molecule has 3 nitrogen and oxygen atoms in total. The van der Waals surface area contributed by atoms with E-state index in [1.165, 1.54) is 0 Å². The summed E-state index contributed by atoms with van der Waals surface area (Å²) in [5.41, 5.74) is 2.24. The highest BCUT2D eigenvalue weighted by Crippen LogP contribution is 2.42. The van der Waals surface area contributed by atoms with E-state index in [0.717, 1.165) is 40.4 Å². The highest BCUT2D eigenvalue weighted by molar-refractivity contribution is 8.17. The van der Waals surface area contributed by atoms with Gasteiger partial charge in [-0.15, -0.1) is 0 Å². The highest BCUT2D eigenvalue weighted by Gasteiger charge is 2.34. The van der Waals surface area contributed by atoms with Gasteiger partial charge >= 0.3 is 0 Å². The summed E-state index contributed by atoms with van der Waals surface area (Å²) in [6, 6.07) is 17.7. The second kappa shape index (κ2) is 5.71. The number of hydrogen-bond acceptors (Lipinski definition) is 4. The van der Waals surface area contributed by atoms with Crippen molar-refractivity contribution < 1.29 is 4.74 Å². The molecule has 2 heterocycles. The Morgan fingerprint density at radius 3 is 2.59 bits per heavy atom. The van der Waals surface area contributed by atoms with Crippen molar-refractivity contribution in [2.45, 2.75) is 0 Å². The number of fused-ring (bicyclic) bond motifs is 1. The SMILES string of the molecule is Clc1ccc(OC2=C(c3ccccc3)N3CCN=C3S2)cc1. The number of halogens is 1. The van der Waals surface area contributed by atoms with Crippen molar-refractivity contribution in [3.05, 3.63) is 70.3 Å². The van der Waals surface area contributed by atoms with E-state index in [2.05, 4.69) is 22.0 Å². The third kappa shape index (κ3) is 2.49. The van der Waals surface area contributed by atoms with Crippen LogP contribution in [0.25, 0.3) is 5.70 Å². The van der Waals surface area contributed by atoms with Crippen LogP contribution >= 0.6 is 23.4 Å². The maximum Gasteiger partial charge on any atom is 0.192 e. The van der Waals surface area contributed by atoms with Crippen LogP contribution in [0.2, 0.25) is 5.02 Å². The Morgan fingerprint density at radius 2 is 1.82 bits per heavy atom. The van der Waals surface area contributed by atoms with Crippen LogP contribution in [-0.2, 0) is 0 Å². The highest BCUT2D eigenvalue weighted by atomic mass is 35.5. The van der Waals surface area contributed by atoms with Crippen molar-refractivity contribution in [2.75, 3.05) is 13.1 Å². The average molecular weight is 329 g/mol. The predicted molar refractivity (Wildman–Crippen MR) is 92.0 cm³/mol. The van der Waals surface area contributed by atoms with Gasteiger partial charge in [0.25, 0.3) is 0 Å². The minimum Gasteiger partial charge on any atom is -0.448 e. The van der Waals surface area contributed by atoms with Gasteiger partial charge in [0.2, 0.25) is 0 Å². The van der Waals surface area contributed by atoms with E-state index in [9.17, 15) is 0 Å². The molecule has 0 aromatic heterocycles. The molecule has 2 aromatic carbocycles. The van der Waals surface area contributed by atoms with E-state index in [4.69, 9.17) is 16.3 Å². The van der Waals surface area contributed by atoms with E-state index in [1.54, 1.807) is 11.8 Å². The van der Waals surface area contributed by atoms with Gasteiger partial charge in [0.1, 0.15) is 11.4 Å². The first-order valence-corrected chi connectivity index (χ1v) is 8.24. The van der Waals surface area contributed by atoms with Crippen LogP contribution in [0.3, 0.4) is 0 Å². The second-order valence-electron chi connectivity index (χ2n) is 4.98. The second-order valence-corrected chi connectivity index (χ2v) is 6.35. The largest absolute Gasteiger partial charge is 0.448 e. The van der Waals surface area contributed by atoms with Gasteiger partial charge in [0, 0.05) is 17.1 Å². The summed E-state index contributed by atoms with van der Waals surface area (Å²) in [5, 5.41) is 2.59. The zero-order chi connectivity index (χ0) is 14.9. The number of amidine groups is 1. The lowest BCUT2D eigenvalue weighted by molar-refractivity contribution is 0.461. The fourth-order valence-corrected chi connectivity index (χ4v) is 3.71. The van der Waals surface area contributed by atoms with Crippen molar-refractivity contribution in [1.82, 2.24) is 4.90 Å². The molecule has 0 unspecified atom stereocenters. The molecule has 0 amide bonds. The van der Waals surface area contributed by atoms with E-state index in [0.29, 0.717) is 5.02 Å². The molecule has 0 radical (unpaired) electrons. The Hall–Kier alpha value is -1.91. The average Bonchev–Trinajstić information content (AvgIpc) is 3.11. The molecular weight excluding hydrogens is 316 g/mol. The first-order valence-electron chi connectivity index (χ1n) is 7.04. The lowest BCUT2D eigenvalue weighted by atomic mass is 10.1. The number of benzene rings is 2. The standard InChI is InChI=1S/C17H13ClN2OS/c18-13-6-8-14(9-7-13)21-16-15(12-4-2-1-3-5-12)20-11-10-19-17(20)22-16/h1-9H,10-11H2. The maximum absolute atomic E-state index is 6.10. The first kappa shape index (κ1) is 13.7. The van der Waals surface area contributed by atoms with Crippen molar-refractivity contribution in [2.24, 2.45) is 4.99 Å². The van der Waals surface area contributed by atoms with E-state index >= 15 is 0 Å². The minimum atomic E-state index is 0.702. The Labute approximate surface area is 138 Å². The van der Waals surface area contributed by atoms with Crippen molar-refractivity contribution in [3.63, 3.8) is 0 Å². The summed E-state index contributed by atoms with van der Waals surface area (Å²) in [6.45, 7) is 1.74. The van der Waals surface area contributed by atoms with Gasteiger partial charge in [-0.1, -0.05) is 41.9 Å². The number of nitrogens with zero attached hydrogens (tertiary/aromatic N) is 2. The van der Waals surface area contributed by atoms with Crippen LogP contribution in [0.5, 0.6) is 5.75 Å². The van der Waals surface area contributed by atoms with E-state index in [-0.39, 0.29) is 0 Å². The van der Waals surface area contributed by atoms with Crippen molar-refractivity contribution in [1.29, 1.82) is 0 Å². The Kier molecular flexibility index (Phi) is 3.56. The number of ether oxygens (including phenoxy) is 1. The molecule has 0 spiro atoms. The molecule has 0 bridgehead atoms. The van der Waals surface area contributed by atoms with Crippen molar-refractivity contribution in [3.8, 4) is 5.75 Å². The maximum atomic E-state index is 6.10. The molecule has 0 aliphatic carbocycles. The van der Waals surface area contributed by atoms with Crippen LogP contribution in [0.15, 0.2) is 64.7 Å². The molecule has 2 aromatic rings. The van der Waals surface area contributed by atoms with Crippen LogP contribution in [0.1, 0.15) is 5.56 Å². The molecule has 5 heteroatoms. The quantitative estimate of drug-likeness (QED) is 0.831. The first-order chi connectivity index (χ1) is 10.8. The smallest absolute Gasteiger partial charge is 0.192 e. The Morgan fingerprint density at radius 1 is 1.05 bits per heavy atom. The van der Waals surface area contributed by atoms with E-state index < -0.39 is 0 Å². The van der Waals surface area contributed by atoms with Gasteiger partial charge in [-0.3, -0.25) is 4.99 Å². The minimum absolute atomic E-state index is 0.702. The Bertz CT molecular complexity index is 756. The van der Waals surface area contributed by atoms with Gasteiger partial charge in [0.05, 0.1) is 6.54 Å². The molecule has 0 saturated carbocycles. The molecule has 110 valence electrons. The van der Waals surface area contributed by atoms with Gasteiger partial charge in [-0.25, -0.2) is 0 Å². The topological polar surface area (TPSA) is 24.8 Å². The third-order valence-electron chi connectivity index (χ3n) is 3.52. The van der Waals surface area contributed by atoms with Gasteiger partial charge < -0.3 is 9.64 Å². The summed E-state index contributed by atoms with van der Waals surface area (Å²) in [5.74, 6) is 0.780. The predicted octanol–water partition coefficient (Wildman–Crippen LogP) is 4.46. The molecule has 0 atom stereocenters. The summed E-state index contributed by atoms with van der Waals surface area (Å²) in [7, 11) is 0. The number of aliphatic imine (C=N–C) groups is 1. The normalized spacial score (nSPS) is 16.8. The fraction of sp³-hybridized carbons (Fsp3) is 0.118. The van der Waals surface area contributed by atoms with Crippen LogP contribution in [0.4, 0.5) is 0 Å².